The van der Waals surface area contributed by atoms with Crippen molar-refractivity contribution in [3.8, 4) is 5.75 Å². The zero-order valence-electron chi connectivity index (χ0n) is 15.5. The van der Waals surface area contributed by atoms with E-state index in [0.29, 0.717) is 10.8 Å². The standard InChI is InChI=1S/C21H20ClN3O4/c22-16-8-10-17(11-9-16)29-14-20(27)25-24-19(26)13-23-21(18-7-4-12-28-18)15-5-2-1-3-6-15/h1-12,21,23H,13-14H2,(H,24,26)(H,25,27)/p+1/t21-/m0/s1. The monoisotopic (exact) mass is 414 g/mol. The Balaban J connectivity index is 1.44. The quantitative estimate of drug-likeness (QED) is 0.490. The molecule has 0 aliphatic carbocycles. The van der Waals surface area contributed by atoms with Crippen LogP contribution >= 0.6 is 11.6 Å². The first kappa shape index (κ1) is 20.4. The van der Waals surface area contributed by atoms with Crippen LogP contribution in [-0.4, -0.2) is 25.0 Å². The fourth-order valence-corrected chi connectivity index (χ4v) is 2.80. The van der Waals surface area contributed by atoms with E-state index < -0.39 is 5.91 Å². The minimum absolute atomic E-state index is 0.0958. The summed E-state index contributed by atoms with van der Waals surface area (Å²) >= 11 is 5.79. The fourth-order valence-electron chi connectivity index (χ4n) is 2.68. The number of quaternary nitrogens is 1. The Labute approximate surface area is 173 Å². The Morgan fingerprint density at radius 1 is 0.966 bits per heavy atom. The van der Waals surface area contributed by atoms with Crippen LogP contribution in [0, 0.1) is 0 Å². The highest BCUT2D eigenvalue weighted by Crippen LogP contribution is 2.18. The average molecular weight is 415 g/mol. The Bertz CT molecular complexity index is 915. The van der Waals surface area contributed by atoms with Gasteiger partial charge in [-0.1, -0.05) is 41.9 Å². The summed E-state index contributed by atoms with van der Waals surface area (Å²) in [4.78, 5) is 24.0. The van der Waals surface area contributed by atoms with Crippen molar-refractivity contribution in [3.05, 3.63) is 89.3 Å². The van der Waals surface area contributed by atoms with E-state index in [9.17, 15) is 9.59 Å². The third kappa shape index (κ3) is 6.38. The van der Waals surface area contributed by atoms with Crippen molar-refractivity contribution >= 4 is 23.4 Å². The van der Waals surface area contributed by atoms with Gasteiger partial charge in [-0.15, -0.1) is 0 Å². The fraction of sp³-hybridized carbons (Fsp3) is 0.143. The van der Waals surface area contributed by atoms with Crippen molar-refractivity contribution in [2.24, 2.45) is 0 Å². The molecule has 0 unspecified atom stereocenters. The molecule has 1 atom stereocenters. The van der Waals surface area contributed by atoms with Crippen LogP contribution in [-0.2, 0) is 9.59 Å². The molecule has 0 spiro atoms. The van der Waals surface area contributed by atoms with E-state index in [1.165, 1.54) is 0 Å². The molecule has 3 aromatic rings. The molecule has 0 aliphatic heterocycles. The molecule has 3 rings (SSSR count). The number of carbonyl (C=O) groups is 2. The lowest BCUT2D eigenvalue weighted by atomic mass is 10.0. The molecule has 0 radical (unpaired) electrons. The van der Waals surface area contributed by atoms with Crippen molar-refractivity contribution in [2.75, 3.05) is 13.2 Å². The van der Waals surface area contributed by atoms with E-state index >= 15 is 0 Å². The molecular weight excluding hydrogens is 394 g/mol. The van der Waals surface area contributed by atoms with Gasteiger partial charge in [-0.25, -0.2) is 0 Å². The van der Waals surface area contributed by atoms with Crippen LogP contribution in [0.1, 0.15) is 17.4 Å². The second-order valence-electron chi connectivity index (χ2n) is 6.18. The number of ether oxygens (including phenoxy) is 1. The lowest BCUT2D eigenvalue weighted by Gasteiger charge is -2.14. The molecule has 0 aliphatic rings. The number of hydrogen-bond acceptors (Lipinski definition) is 4. The second kappa shape index (κ2) is 10.3. The summed E-state index contributed by atoms with van der Waals surface area (Å²) < 4.78 is 10.8. The van der Waals surface area contributed by atoms with Crippen LogP contribution in [0.4, 0.5) is 0 Å². The number of nitrogens with two attached hydrogens (primary N) is 1. The van der Waals surface area contributed by atoms with Crippen LogP contribution in [0.25, 0.3) is 0 Å². The highest BCUT2D eigenvalue weighted by molar-refractivity contribution is 6.30. The highest BCUT2D eigenvalue weighted by atomic mass is 35.5. The van der Waals surface area contributed by atoms with Gasteiger partial charge < -0.3 is 14.5 Å². The first-order valence-electron chi connectivity index (χ1n) is 8.99. The van der Waals surface area contributed by atoms with Crippen molar-refractivity contribution in [2.45, 2.75) is 6.04 Å². The van der Waals surface area contributed by atoms with E-state index in [4.69, 9.17) is 20.8 Å². The normalized spacial score (nSPS) is 11.5. The third-order valence-electron chi connectivity index (χ3n) is 4.07. The molecule has 0 saturated carbocycles. The Morgan fingerprint density at radius 3 is 2.38 bits per heavy atom. The summed E-state index contributed by atoms with van der Waals surface area (Å²) in [6, 6.07) is 19.9. The summed E-state index contributed by atoms with van der Waals surface area (Å²) in [5.74, 6) is 0.425. The van der Waals surface area contributed by atoms with Gasteiger partial charge in [0.15, 0.2) is 25.0 Å². The van der Waals surface area contributed by atoms with Crippen LogP contribution in [0.15, 0.2) is 77.4 Å². The summed E-state index contributed by atoms with van der Waals surface area (Å²) in [6.07, 6.45) is 1.60. The summed E-state index contributed by atoms with van der Waals surface area (Å²) in [6.45, 7) is -0.136. The maximum absolute atomic E-state index is 12.1. The van der Waals surface area contributed by atoms with Gasteiger partial charge in [-0.3, -0.25) is 20.4 Å². The van der Waals surface area contributed by atoms with E-state index in [1.807, 2.05) is 41.7 Å². The predicted octanol–water partition coefficient (Wildman–Crippen LogP) is 1.81. The lowest BCUT2D eigenvalue weighted by molar-refractivity contribution is -0.678. The number of hydrogen-bond donors (Lipinski definition) is 3. The maximum Gasteiger partial charge on any atom is 0.293 e. The Kier molecular flexibility index (Phi) is 7.27. The number of carbonyl (C=O) groups excluding carboxylic acids is 2. The topological polar surface area (TPSA) is 97.2 Å². The first-order valence-corrected chi connectivity index (χ1v) is 9.37. The number of hydrazine groups is 1. The largest absolute Gasteiger partial charge is 0.484 e. The van der Waals surface area contributed by atoms with Gasteiger partial charge in [0.05, 0.1) is 6.26 Å². The summed E-state index contributed by atoms with van der Waals surface area (Å²) in [7, 11) is 0. The Morgan fingerprint density at radius 2 is 1.69 bits per heavy atom. The van der Waals surface area contributed by atoms with E-state index in [1.54, 1.807) is 36.6 Å². The molecule has 2 amide bonds. The second-order valence-corrected chi connectivity index (χ2v) is 6.62. The molecule has 7 nitrogen and oxygen atoms in total. The maximum atomic E-state index is 12.1. The predicted molar refractivity (Wildman–Crippen MR) is 107 cm³/mol. The summed E-state index contributed by atoms with van der Waals surface area (Å²) in [5.41, 5.74) is 5.72. The molecule has 0 bridgehead atoms. The molecule has 29 heavy (non-hydrogen) atoms. The molecular formula is C21H21ClN3O4+. The van der Waals surface area contributed by atoms with Crippen LogP contribution in [0.5, 0.6) is 5.75 Å². The molecule has 8 heteroatoms. The molecule has 4 N–H and O–H groups in total. The molecule has 2 aromatic carbocycles. The average Bonchev–Trinajstić information content (AvgIpc) is 3.27. The van der Waals surface area contributed by atoms with Gasteiger partial charge in [-0.2, -0.15) is 0 Å². The lowest BCUT2D eigenvalue weighted by Crippen LogP contribution is -2.88. The van der Waals surface area contributed by atoms with Crippen LogP contribution in [0.3, 0.4) is 0 Å². The van der Waals surface area contributed by atoms with Gasteiger partial charge in [0.1, 0.15) is 5.75 Å². The number of nitrogens with one attached hydrogen (secondary N) is 2. The van der Waals surface area contributed by atoms with Gasteiger partial charge >= 0.3 is 0 Å². The molecule has 1 aromatic heterocycles. The van der Waals surface area contributed by atoms with Crippen LogP contribution < -0.4 is 20.9 Å². The van der Waals surface area contributed by atoms with Crippen molar-refractivity contribution in [1.29, 1.82) is 0 Å². The molecule has 1 heterocycles. The SMILES string of the molecule is O=C(C[NH2+][C@@H](c1ccccc1)c1ccco1)NNC(=O)COc1ccc(Cl)cc1. The van der Waals surface area contributed by atoms with Crippen molar-refractivity contribution in [1.82, 2.24) is 10.9 Å². The number of benzene rings is 2. The Hall–Kier alpha value is -3.29. The van der Waals surface area contributed by atoms with E-state index in [2.05, 4.69) is 10.9 Å². The van der Waals surface area contributed by atoms with E-state index in [0.717, 1.165) is 11.3 Å². The minimum atomic E-state index is -0.473. The van der Waals surface area contributed by atoms with Gasteiger partial charge in [-0.05, 0) is 36.4 Å². The highest BCUT2D eigenvalue weighted by Gasteiger charge is 2.21. The third-order valence-corrected chi connectivity index (χ3v) is 4.32. The first-order chi connectivity index (χ1) is 14.1. The van der Waals surface area contributed by atoms with Gasteiger partial charge in [0.2, 0.25) is 0 Å². The van der Waals surface area contributed by atoms with Gasteiger partial charge in [0, 0.05) is 10.6 Å². The number of rotatable bonds is 8. The van der Waals surface area contributed by atoms with Gasteiger partial charge in [0.25, 0.3) is 11.8 Å². The van der Waals surface area contributed by atoms with E-state index in [-0.39, 0.29) is 25.1 Å². The number of halogens is 1. The molecule has 0 fully saturated rings. The zero-order chi connectivity index (χ0) is 20.5. The minimum Gasteiger partial charge on any atom is -0.484 e. The zero-order valence-corrected chi connectivity index (χ0v) is 16.3. The number of furan rings is 1. The summed E-state index contributed by atoms with van der Waals surface area (Å²) in [5, 5.41) is 2.41. The van der Waals surface area contributed by atoms with Crippen LogP contribution in [0.2, 0.25) is 5.02 Å². The van der Waals surface area contributed by atoms with Crippen molar-refractivity contribution in [3.63, 3.8) is 0 Å². The van der Waals surface area contributed by atoms with Crippen molar-refractivity contribution < 1.29 is 24.1 Å². The number of amides is 2. The molecule has 0 saturated heterocycles. The molecule has 150 valence electrons. The smallest absolute Gasteiger partial charge is 0.293 e.